The minimum atomic E-state index is -3.96. The van der Waals surface area contributed by atoms with Crippen LogP contribution in [0.5, 0.6) is 0 Å². The number of benzene rings is 2. The Morgan fingerprint density at radius 3 is 2.66 bits per heavy atom. The second-order valence-electron chi connectivity index (χ2n) is 7.29. The Bertz CT molecular complexity index is 1290. The summed E-state index contributed by atoms with van der Waals surface area (Å²) in [5, 5.41) is 2.15. The van der Waals surface area contributed by atoms with Crippen LogP contribution in [0, 0.1) is 0 Å². The van der Waals surface area contributed by atoms with Crippen LogP contribution in [0.25, 0.3) is 0 Å². The van der Waals surface area contributed by atoms with E-state index in [2.05, 4.69) is 0 Å². The maximum atomic E-state index is 14.7. The summed E-state index contributed by atoms with van der Waals surface area (Å²) in [6, 6.07) is 5.58. The summed E-state index contributed by atoms with van der Waals surface area (Å²) in [5.74, 6) is -8.24. The molecular formula is C23H19ClF2N2O4. The molecule has 0 bridgehead atoms. The fraction of sp³-hybridized carbons (Fsp3) is 0.304. The van der Waals surface area contributed by atoms with E-state index in [4.69, 9.17) is 17.1 Å². The second-order valence-corrected chi connectivity index (χ2v) is 7.73. The van der Waals surface area contributed by atoms with Crippen molar-refractivity contribution in [3.8, 4) is 0 Å². The van der Waals surface area contributed by atoms with Gasteiger partial charge in [-0.3, -0.25) is 24.5 Å². The summed E-state index contributed by atoms with van der Waals surface area (Å²) in [6.07, 6.45) is -5.71. The van der Waals surface area contributed by atoms with Gasteiger partial charge in [0.25, 0.3) is 5.91 Å². The van der Waals surface area contributed by atoms with E-state index in [1.807, 2.05) is 5.32 Å². The summed E-state index contributed by atoms with van der Waals surface area (Å²) in [6.45, 7) is -0.340. The predicted molar refractivity (Wildman–Crippen MR) is 111 cm³/mol. The molecular weight excluding hydrogens is 442 g/mol. The van der Waals surface area contributed by atoms with Gasteiger partial charge in [-0.05, 0) is 42.1 Å². The van der Waals surface area contributed by atoms with Crippen molar-refractivity contribution in [2.75, 3.05) is 0 Å². The molecule has 4 rings (SSSR count). The van der Waals surface area contributed by atoms with Crippen molar-refractivity contribution >= 4 is 35.1 Å². The van der Waals surface area contributed by atoms with E-state index in [1.165, 1.54) is 30.3 Å². The number of nitrogens with zero attached hydrogens (tertiary/aromatic N) is 1. The van der Waals surface area contributed by atoms with E-state index in [0.29, 0.717) is 0 Å². The molecule has 2 atom stereocenters. The molecule has 0 radical (unpaired) electrons. The topological polar surface area (TPSA) is 83.6 Å². The van der Waals surface area contributed by atoms with E-state index in [1.54, 1.807) is 0 Å². The number of rotatable bonds is 6. The molecule has 1 unspecified atom stereocenters. The quantitative estimate of drug-likeness (QED) is 0.664. The van der Waals surface area contributed by atoms with E-state index in [-0.39, 0.29) is 28.3 Å². The highest BCUT2D eigenvalue weighted by molar-refractivity contribution is 6.30. The number of aryl methyl sites for hydroxylation is 1. The Hall–Kier alpha value is -3.13. The van der Waals surface area contributed by atoms with E-state index in [9.17, 15) is 28.0 Å². The molecule has 1 saturated heterocycles. The van der Waals surface area contributed by atoms with Crippen molar-refractivity contribution < 1.29 is 33.4 Å². The maximum absolute atomic E-state index is 14.7. The number of ketones is 1. The van der Waals surface area contributed by atoms with E-state index < -0.39 is 66.6 Å². The number of amides is 3. The van der Waals surface area contributed by atoms with Gasteiger partial charge in [-0.15, -0.1) is 0 Å². The second kappa shape index (κ2) is 8.43. The molecule has 9 heteroatoms. The number of halogens is 3. The molecule has 6 nitrogen and oxygen atoms in total. The Morgan fingerprint density at radius 2 is 1.97 bits per heavy atom. The first-order valence-electron chi connectivity index (χ1n) is 11.6. The van der Waals surface area contributed by atoms with Crippen molar-refractivity contribution in [3.63, 3.8) is 0 Å². The number of fused-ring (bicyclic) bond motifs is 1. The molecule has 0 saturated carbocycles. The summed E-state index contributed by atoms with van der Waals surface area (Å²) in [5.41, 5.74) is -0.545. The minimum Gasteiger partial charge on any atom is -0.322 e. The Balaban J connectivity index is 1.58. The van der Waals surface area contributed by atoms with Crippen LogP contribution in [0.15, 0.2) is 42.5 Å². The Labute approximate surface area is 193 Å². The summed E-state index contributed by atoms with van der Waals surface area (Å²) >= 11 is 5.70. The zero-order valence-electron chi connectivity index (χ0n) is 20.5. The standard InChI is InChI=1S/C23H19ClF2N2O4/c24-16-5-3-15(4-6-16)23(25,26)19(29)9-2-13-1-7-17-14(11-13)12-28(22(17)32)18-8-10-20(30)27-21(18)31/h1,3-7,11,18H,2,8-10,12H2,(H,27,30,31)/t18-/m0/s1/i2D2,8D,18D/t8?,18-. The van der Waals surface area contributed by atoms with Crippen LogP contribution in [0.4, 0.5) is 8.78 Å². The molecule has 0 aliphatic carbocycles. The molecule has 166 valence electrons. The normalized spacial score (nSPS) is 25.4. The van der Waals surface area contributed by atoms with Crippen molar-refractivity contribution in [3.05, 3.63) is 69.7 Å². The molecule has 0 aromatic heterocycles. The van der Waals surface area contributed by atoms with Crippen molar-refractivity contribution in [1.29, 1.82) is 0 Å². The van der Waals surface area contributed by atoms with Gasteiger partial charge in [0.2, 0.25) is 17.6 Å². The summed E-state index contributed by atoms with van der Waals surface area (Å²) in [7, 11) is 0. The van der Waals surface area contributed by atoms with Crippen LogP contribution in [0.3, 0.4) is 0 Å². The highest BCUT2D eigenvalue weighted by Crippen LogP contribution is 2.32. The first kappa shape index (κ1) is 17.4. The van der Waals surface area contributed by atoms with Gasteiger partial charge in [0.05, 0.1) is 1.37 Å². The maximum Gasteiger partial charge on any atom is 0.330 e. The predicted octanol–water partition coefficient (Wildman–Crippen LogP) is 3.39. The number of alkyl halides is 2. The highest BCUT2D eigenvalue weighted by Gasteiger charge is 2.41. The SMILES string of the molecule is [2H]C1CC(=O)NC(=O)[C@@]1([2H])N1Cc2cc(C([2H])([2H])CC(=O)C(F)(F)c3ccc(Cl)cc3)ccc2C1=O. The monoisotopic (exact) mass is 464 g/mol. The first-order chi connectivity index (χ1) is 16.7. The van der Waals surface area contributed by atoms with Gasteiger partial charge in [0.15, 0.2) is 0 Å². The largest absolute Gasteiger partial charge is 0.330 e. The third kappa shape index (κ3) is 4.14. The van der Waals surface area contributed by atoms with E-state index in [0.717, 1.165) is 17.0 Å². The van der Waals surface area contributed by atoms with E-state index >= 15 is 0 Å². The molecule has 2 aliphatic heterocycles. The molecule has 1 N–H and O–H groups in total. The molecule has 1 fully saturated rings. The lowest BCUT2D eigenvalue weighted by molar-refractivity contribution is -0.144. The number of carbonyl (C=O) groups is 4. The van der Waals surface area contributed by atoms with Gasteiger partial charge in [0.1, 0.15) is 6.02 Å². The zero-order valence-corrected chi connectivity index (χ0v) is 17.2. The molecule has 0 spiro atoms. The van der Waals surface area contributed by atoms with Crippen LogP contribution in [-0.2, 0) is 33.2 Å². The number of imide groups is 1. The third-order valence-corrected chi connectivity index (χ3v) is 5.43. The van der Waals surface area contributed by atoms with Gasteiger partial charge in [0, 0.05) is 39.6 Å². The van der Waals surface area contributed by atoms with Crippen LogP contribution >= 0.6 is 11.6 Å². The number of carbonyl (C=O) groups excluding carboxylic acids is 4. The molecule has 2 heterocycles. The molecule has 2 aromatic rings. The van der Waals surface area contributed by atoms with Crippen molar-refractivity contribution in [2.45, 2.75) is 44.1 Å². The van der Waals surface area contributed by atoms with Crippen LogP contribution in [0.1, 0.15) is 51.8 Å². The smallest absolute Gasteiger partial charge is 0.322 e. The summed E-state index contributed by atoms with van der Waals surface area (Å²) in [4.78, 5) is 50.1. The average molecular weight is 465 g/mol. The number of hydrogen-bond acceptors (Lipinski definition) is 4. The fourth-order valence-electron chi connectivity index (χ4n) is 3.50. The lowest BCUT2D eigenvalue weighted by Gasteiger charge is -2.29. The highest BCUT2D eigenvalue weighted by atomic mass is 35.5. The first-order valence-corrected chi connectivity index (χ1v) is 9.95. The molecule has 2 aliphatic rings. The van der Waals surface area contributed by atoms with Crippen molar-refractivity contribution in [1.82, 2.24) is 10.2 Å². The number of hydrogen-bond donors (Lipinski definition) is 1. The lowest BCUT2D eigenvalue weighted by Crippen LogP contribution is -2.52. The third-order valence-electron chi connectivity index (χ3n) is 5.18. The lowest BCUT2D eigenvalue weighted by atomic mass is 9.97. The number of piperidine rings is 1. The van der Waals surface area contributed by atoms with Crippen molar-refractivity contribution in [2.24, 2.45) is 0 Å². The Morgan fingerprint density at radius 1 is 1.25 bits per heavy atom. The fourth-order valence-corrected chi connectivity index (χ4v) is 3.62. The van der Waals surface area contributed by atoms with Crippen LogP contribution < -0.4 is 5.32 Å². The van der Waals surface area contributed by atoms with Crippen LogP contribution in [-0.4, -0.2) is 34.4 Å². The van der Waals surface area contributed by atoms with Gasteiger partial charge in [-0.25, -0.2) is 0 Å². The van der Waals surface area contributed by atoms with Gasteiger partial charge in [-0.2, -0.15) is 8.78 Å². The van der Waals surface area contributed by atoms with Gasteiger partial charge >= 0.3 is 5.92 Å². The minimum absolute atomic E-state index is 0.0379. The molecule has 3 amide bonds. The zero-order chi connectivity index (χ0) is 26.6. The molecule has 2 aromatic carbocycles. The van der Waals surface area contributed by atoms with Crippen LogP contribution in [0.2, 0.25) is 5.02 Å². The number of nitrogens with one attached hydrogen (secondary N) is 1. The summed E-state index contributed by atoms with van der Waals surface area (Å²) < 4.78 is 62.5. The average Bonchev–Trinajstić information content (AvgIpc) is 3.13. The van der Waals surface area contributed by atoms with Gasteiger partial charge in [-0.1, -0.05) is 35.9 Å². The molecule has 32 heavy (non-hydrogen) atoms. The number of Topliss-reactive ketones (excluding diaryl/α,β-unsaturated/α-hetero) is 1. The van der Waals surface area contributed by atoms with Gasteiger partial charge < -0.3 is 4.90 Å². The Kier molecular flexibility index (Phi) is 4.59.